The Morgan fingerprint density at radius 1 is 1.47 bits per heavy atom. The van der Waals surface area contributed by atoms with E-state index in [-0.39, 0.29) is 0 Å². The molecule has 1 saturated heterocycles. The van der Waals surface area contributed by atoms with Crippen molar-refractivity contribution in [3.8, 4) is 0 Å². The van der Waals surface area contributed by atoms with Crippen LogP contribution in [0.4, 0.5) is 0 Å². The monoisotopic (exact) mass is 202 g/mol. The Morgan fingerprint density at radius 3 is 3.33 bits per heavy atom. The number of nitrogens with one attached hydrogen (secondary N) is 1. The average Bonchev–Trinajstić information content (AvgIpc) is 2.87. The van der Waals surface area contributed by atoms with Crippen LogP contribution in [0.15, 0.2) is 29.0 Å². The lowest BCUT2D eigenvalue weighted by Crippen LogP contribution is -2.10. The lowest BCUT2D eigenvalue weighted by atomic mass is 9.98. The summed E-state index contributed by atoms with van der Waals surface area (Å²) in [6, 6.07) is 6.17. The standard InChI is InChI=1S/C12H14N2O/c1-2-10(6-9-4-5-13-7-9)12-11(3-1)15-8-14-12/h1-3,8-9,13H,4-7H2. The Hall–Kier alpha value is -1.35. The number of para-hydroxylation sites is 1. The van der Waals surface area contributed by atoms with Gasteiger partial charge in [0.05, 0.1) is 0 Å². The zero-order chi connectivity index (χ0) is 10.1. The summed E-state index contributed by atoms with van der Waals surface area (Å²) in [6.07, 6.45) is 3.91. The van der Waals surface area contributed by atoms with Gasteiger partial charge in [-0.1, -0.05) is 12.1 Å². The van der Waals surface area contributed by atoms with Crippen LogP contribution in [-0.4, -0.2) is 18.1 Å². The van der Waals surface area contributed by atoms with E-state index in [1.165, 1.54) is 18.4 Å². The molecule has 1 atom stereocenters. The third-order valence-electron chi connectivity index (χ3n) is 3.12. The zero-order valence-electron chi connectivity index (χ0n) is 8.57. The van der Waals surface area contributed by atoms with E-state index in [9.17, 15) is 0 Å². The van der Waals surface area contributed by atoms with Gasteiger partial charge in [0.15, 0.2) is 12.0 Å². The second-order valence-electron chi connectivity index (χ2n) is 4.18. The molecular weight excluding hydrogens is 188 g/mol. The fraction of sp³-hybridized carbons (Fsp3) is 0.417. The van der Waals surface area contributed by atoms with E-state index in [0.717, 1.165) is 36.5 Å². The molecule has 2 aromatic rings. The molecule has 78 valence electrons. The fourth-order valence-electron chi connectivity index (χ4n) is 2.31. The van der Waals surface area contributed by atoms with Crippen LogP contribution in [0.1, 0.15) is 12.0 Å². The summed E-state index contributed by atoms with van der Waals surface area (Å²) in [6.45, 7) is 2.29. The van der Waals surface area contributed by atoms with Gasteiger partial charge < -0.3 is 9.73 Å². The lowest BCUT2D eigenvalue weighted by Gasteiger charge is -2.07. The first-order valence-corrected chi connectivity index (χ1v) is 5.45. The molecule has 0 amide bonds. The van der Waals surface area contributed by atoms with Gasteiger partial charge in [-0.15, -0.1) is 0 Å². The first-order chi connectivity index (χ1) is 7.43. The van der Waals surface area contributed by atoms with E-state index in [0.29, 0.717) is 0 Å². The third-order valence-corrected chi connectivity index (χ3v) is 3.12. The molecule has 1 aliphatic heterocycles. The highest BCUT2D eigenvalue weighted by Crippen LogP contribution is 2.22. The molecule has 0 radical (unpaired) electrons. The number of fused-ring (bicyclic) bond motifs is 1. The molecule has 3 heteroatoms. The van der Waals surface area contributed by atoms with E-state index in [4.69, 9.17) is 4.42 Å². The number of benzene rings is 1. The van der Waals surface area contributed by atoms with Crippen molar-refractivity contribution >= 4 is 11.1 Å². The van der Waals surface area contributed by atoms with Crippen LogP contribution in [-0.2, 0) is 6.42 Å². The highest BCUT2D eigenvalue weighted by Gasteiger charge is 2.16. The number of aromatic nitrogens is 1. The minimum Gasteiger partial charge on any atom is -0.443 e. The smallest absolute Gasteiger partial charge is 0.181 e. The molecule has 0 aliphatic carbocycles. The van der Waals surface area contributed by atoms with Crippen molar-refractivity contribution < 1.29 is 4.42 Å². The van der Waals surface area contributed by atoms with Gasteiger partial charge in [0, 0.05) is 0 Å². The normalized spacial score (nSPS) is 21.2. The van der Waals surface area contributed by atoms with Crippen molar-refractivity contribution in [2.75, 3.05) is 13.1 Å². The molecular formula is C12H14N2O. The summed E-state index contributed by atoms with van der Waals surface area (Å²) in [5.74, 6) is 0.757. The molecule has 3 rings (SSSR count). The van der Waals surface area contributed by atoms with E-state index >= 15 is 0 Å². The number of nitrogens with zero attached hydrogens (tertiary/aromatic N) is 1. The molecule has 2 heterocycles. The zero-order valence-corrected chi connectivity index (χ0v) is 8.57. The van der Waals surface area contributed by atoms with Gasteiger partial charge in [0.2, 0.25) is 0 Å². The van der Waals surface area contributed by atoms with Gasteiger partial charge in [-0.25, -0.2) is 4.98 Å². The van der Waals surface area contributed by atoms with Gasteiger partial charge >= 0.3 is 0 Å². The summed E-state index contributed by atoms with van der Waals surface area (Å²) >= 11 is 0. The Labute approximate surface area is 88.5 Å². The number of hydrogen-bond acceptors (Lipinski definition) is 3. The maximum absolute atomic E-state index is 5.30. The highest BCUT2D eigenvalue weighted by molar-refractivity contribution is 5.76. The topological polar surface area (TPSA) is 38.1 Å². The Balaban J connectivity index is 1.92. The van der Waals surface area contributed by atoms with Crippen molar-refractivity contribution in [1.82, 2.24) is 10.3 Å². The molecule has 0 bridgehead atoms. The maximum atomic E-state index is 5.30. The number of oxazole rings is 1. The van der Waals surface area contributed by atoms with Crippen LogP contribution < -0.4 is 5.32 Å². The van der Waals surface area contributed by atoms with E-state index in [2.05, 4.69) is 16.4 Å². The van der Waals surface area contributed by atoms with Crippen LogP contribution in [0.5, 0.6) is 0 Å². The predicted octanol–water partition coefficient (Wildman–Crippen LogP) is 1.98. The molecule has 1 unspecified atom stereocenters. The van der Waals surface area contributed by atoms with E-state index < -0.39 is 0 Å². The lowest BCUT2D eigenvalue weighted by molar-refractivity contribution is 0.581. The van der Waals surface area contributed by atoms with Crippen molar-refractivity contribution in [1.29, 1.82) is 0 Å². The largest absolute Gasteiger partial charge is 0.443 e. The van der Waals surface area contributed by atoms with Crippen LogP contribution in [0.2, 0.25) is 0 Å². The molecule has 1 fully saturated rings. The van der Waals surface area contributed by atoms with Crippen molar-refractivity contribution in [3.05, 3.63) is 30.2 Å². The minimum atomic E-state index is 0.757. The van der Waals surface area contributed by atoms with Gasteiger partial charge in [0.1, 0.15) is 5.52 Å². The van der Waals surface area contributed by atoms with Crippen LogP contribution in [0.25, 0.3) is 11.1 Å². The molecule has 0 spiro atoms. The Kier molecular flexibility index (Phi) is 2.18. The Bertz CT molecular complexity index is 457. The number of hydrogen-bond donors (Lipinski definition) is 1. The van der Waals surface area contributed by atoms with Gasteiger partial charge in [-0.05, 0) is 43.5 Å². The summed E-state index contributed by atoms with van der Waals surface area (Å²) in [4.78, 5) is 4.27. The van der Waals surface area contributed by atoms with Crippen LogP contribution in [0.3, 0.4) is 0 Å². The van der Waals surface area contributed by atoms with Crippen LogP contribution >= 0.6 is 0 Å². The first-order valence-electron chi connectivity index (χ1n) is 5.45. The van der Waals surface area contributed by atoms with Crippen molar-refractivity contribution in [3.63, 3.8) is 0 Å². The molecule has 1 aromatic heterocycles. The molecule has 3 nitrogen and oxygen atoms in total. The SMILES string of the molecule is c1cc(CC2CCNC2)c2ncoc2c1. The number of rotatable bonds is 2. The summed E-state index contributed by atoms with van der Waals surface area (Å²) in [7, 11) is 0. The fourth-order valence-corrected chi connectivity index (χ4v) is 2.31. The first kappa shape index (κ1) is 8.92. The van der Waals surface area contributed by atoms with E-state index in [1.807, 2.05) is 12.1 Å². The van der Waals surface area contributed by atoms with Crippen LogP contribution in [0, 0.1) is 5.92 Å². The van der Waals surface area contributed by atoms with Gasteiger partial charge in [-0.3, -0.25) is 0 Å². The highest BCUT2D eigenvalue weighted by atomic mass is 16.3. The van der Waals surface area contributed by atoms with Gasteiger partial charge in [0.25, 0.3) is 0 Å². The predicted molar refractivity (Wildman–Crippen MR) is 58.7 cm³/mol. The Morgan fingerprint density at radius 2 is 2.47 bits per heavy atom. The maximum Gasteiger partial charge on any atom is 0.181 e. The summed E-state index contributed by atoms with van der Waals surface area (Å²) in [5.41, 5.74) is 3.25. The van der Waals surface area contributed by atoms with E-state index in [1.54, 1.807) is 0 Å². The summed E-state index contributed by atoms with van der Waals surface area (Å²) in [5, 5.41) is 3.39. The third kappa shape index (κ3) is 1.63. The molecule has 15 heavy (non-hydrogen) atoms. The molecule has 1 aliphatic rings. The minimum absolute atomic E-state index is 0.757. The average molecular weight is 202 g/mol. The molecule has 1 aromatic carbocycles. The second kappa shape index (κ2) is 3.66. The molecule has 0 saturated carbocycles. The van der Waals surface area contributed by atoms with Gasteiger partial charge in [-0.2, -0.15) is 0 Å². The van der Waals surface area contributed by atoms with Crippen molar-refractivity contribution in [2.24, 2.45) is 5.92 Å². The quantitative estimate of drug-likeness (QED) is 0.809. The summed E-state index contributed by atoms with van der Waals surface area (Å²) < 4.78 is 5.30. The molecule has 1 N–H and O–H groups in total. The second-order valence-corrected chi connectivity index (χ2v) is 4.18. The van der Waals surface area contributed by atoms with Crippen molar-refractivity contribution in [2.45, 2.75) is 12.8 Å².